The minimum Gasteiger partial charge on any atom is -0.494 e. The van der Waals surface area contributed by atoms with Gasteiger partial charge in [-0.1, -0.05) is 35.9 Å². The molecule has 2 aromatic carbocycles. The Morgan fingerprint density at radius 3 is 2.10 bits per heavy atom. The molecule has 5 atom stereocenters. The first kappa shape index (κ1) is 30.9. The Bertz CT molecular complexity index is 1210. The van der Waals surface area contributed by atoms with Crippen LogP contribution in [0.25, 0.3) is 0 Å². The number of carbonyl (C=O) groups is 4. The van der Waals surface area contributed by atoms with Gasteiger partial charge in [0.05, 0.1) is 6.61 Å². The van der Waals surface area contributed by atoms with Crippen LogP contribution < -0.4 is 4.74 Å². The van der Waals surface area contributed by atoms with Gasteiger partial charge < -0.3 is 28.4 Å². The molecule has 0 aromatic heterocycles. The molecule has 3 rings (SSSR count). The average molecular weight is 577 g/mol. The van der Waals surface area contributed by atoms with Crippen LogP contribution in [0.15, 0.2) is 42.5 Å². The predicted molar refractivity (Wildman–Crippen MR) is 143 cm³/mol. The molecule has 0 radical (unpaired) electrons. The molecule has 40 heavy (non-hydrogen) atoms. The summed E-state index contributed by atoms with van der Waals surface area (Å²) in [7, 11) is 0. The fourth-order valence-electron chi connectivity index (χ4n) is 4.50. The largest absolute Gasteiger partial charge is 0.494 e. The van der Waals surface area contributed by atoms with E-state index in [1.165, 1.54) is 27.7 Å². The molecule has 1 fully saturated rings. The Balaban J connectivity index is 1.99. The van der Waals surface area contributed by atoms with Crippen LogP contribution in [0.2, 0.25) is 5.02 Å². The first-order valence-corrected chi connectivity index (χ1v) is 13.2. The van der Waals surface area contributed by atoms with Crippen molar-refractivity contribution in [2.45, 2.75) is 71.6 Å². The van der Waals surface area contributed by atoms with Gasteiger partial charge in [-0.25, -0.2) is 0 Å². The minimum absolute atomic E-state index is 0.361. The SMILES string of the molecule is CCOc1ccc(Cc2cc(C3O[C@H]([C@H](COC(C)=O)OC(C)=O)[C@H](OC(C)=O)[C@H]3OC(C)=O)ccc2Cl)cc1. The van der Waals surface area contributed by atoms with Gasteiger partial charge in [-0.2, -0.15) is 0 Å². The van der Waals surface area contributed by atoms with Crippen LogP contribution in [0.3, 0.4) is 0 Å². The fourth-order valence-corrected chi connectivity index (χ4v) is 4.69. The topological polar surface area (TPSA) is 124 Å². The lowest BCUT2D eigenvalue weighted by Crippen LogP contribution is -2.46. The summed E-state index contributed by atoms with van der Waals surface area (Å²) in [5.74, 6) is -1.82. The maximum atomic E-state index is 12.1. The quantitative estimate of drug-likeness (QED) is 0.285. The van der Waals surface area contributed by atoms with Gasteiger partial charge in [0.2, 0.25) is 0 Å². The van der Waals surface area contributed by atoms with E-state index in [1.54, 1.807) is 12.1 Å². The summed E-state index contributed by atoms with van der Waals surface area (Å²) >= 11 is 6.53. The van der Waals surface area contributed by atoms with E-state index in [0.717, 1.165) is 16.9 Å². The number of rotatable bonds is 11. The van der Waals surface area contributed by atoms with Crippen LogP contribution >= 0.6 is 11.6 Å². The first-order chi connectivity index (χ1) is 19.0. The zero-order valence-corrected chi connectivity index (χ0v) is 23.8. The van der Waals surface area contributed by atoms with E-state index in [9.17, 15) is 19.2 Å². The summed E-state index contributed by atoms with van der Waals surface area (Å²) in [4.78, 5) is 47.5. The van der Waals surface area contributed by atoms with Crippen LogP contribution in [-0.4, -0.2) is 61.5 Å². The molecule has 1 unspecified atom stereocenters. The van der Waals surface area contributed by atoms with Crippen LogP contribution in [0, 0.1) is 0 Å². The highest BCUT2D eigenvalue weighted by Gasteiger charge is 2.53. The molecule has 2 aromatic rings. The highest BCUT2D eigenvalue weighted by atomic mass is 35.5. The summed E-state index contributed by atoms with van der Waals surface area (Å²) in [5.41, 5.74) is 2.35. The van der Waals surface area contributed by atoms with Crippen molar-refractivity contribution in [1.82, 2.24) is 0 Å². The van der Waals surface area contributed by atoms with Gasteiger partial charge in [-0.3, -0.25) is 19.2 Å². The molecule has 1 heterocycles. The molecular weight excluding hydrogens is 544 g/mol. The van der Waals surface area contributed by atoms with Crippen molar-refractivity contribution >= 4 is 35.5 Å². The van der Waals surface area contributed by atoms with Gasteiger partial charge in [0, 0.05) is 32.7 Å². The molecule has 0 aliphatic carbocycles. The molecule has 11 heteroatoms. The van der Waals surface area contributed by atoms with E-state index in [2.05, 4.69) is 0 Å². The van der Waals surface area contributed by atoms with Crippen LogP contribution in [0.1, 0.15) is 57.4 Å². The van der Waals surface area contributed by atoms with Crippen molar-refractivity contribution in [1.29, 1.82) is 0 Å². The molecule has 0 amide bonds. The lowest BCUT2D eigenvalue weighted by Gasteiger charge is -2.27. The van der Waals surface area contributed by atoms with Crippen LogP contribution in [0.5, 0.6) is 5.75 Å². The van der Waals surface area contributed by atoms with E-state index in [4.69, 9.17) is 40.0 Å². The normalized spacial score (nSPS) is 20.8. The third-order valence-corrected chi connectivity index (χ3v) is 6.38. The lowest BCUT2D eigenvalue weighted by molar-refractivity contribution is -0.176. The summed E-state index contributed by atoms with van der Waals surface area (Å²) in [6.45, 7) is 6.91. The second-order valence-electron chi connectivity index (χ2n) is 9.22. The maximum Gasteiger partial charge on any atom is 0.303 e. The number of esters is 4. The standard InChI is InChI=1S/C29H33ClO10/c1-6-35-23-10-7-20(8-11-23)13-22-14-21(9-12-24(22)30)26-28(38-18(4)33)29(39-19(5)34)27(40-26)25(37-17(3)32)15-36-16(2)31/h7-12,14,25-29H,6,13,15H2,1-5H3/t25-,26?,27+,28-,29-/m0/s1. The fraction of sp³-hybridized carbons (Fsp3) is 0.448. The second kappa shape index (κ2) is 14.1. The maximum absolute atomic E-state index is 12.1. The van der Waals surface area contributed by atoms with Gasteiger partial charge in [0.25, 0.3) is 0 Å². The Labute approximate surface area is 237 Å². The molecule has 1 saturated heterocycles. The summed E-state index contributed by atoms with van der Waals surface area (Å²) in [5, 5.41) is 0.514. The zero-order chi connectivity index (χ0) is 29.4. The second-order valence-corrected chi connectivity index (χ2v) is 9.63. The monoisotopic (exact) mass is 576 g/mol. The Morgan fingerprint density at radius 2 is 1.52 bits per heavy atom. The molecule has 10 nitrogen and oxygen atoms in total. The number of halogens is 1. The summed E-state index contributed by atoms with van der Waals surface area (Å²) in [6, 6.07) is 12.9. The van der Waals surface area contributed by atoms with E-state index < -0.39 is 54.4 Å². The van der Waals surface area contributed by atoms with Crippen molar-refractivity contribution < 1.29 is 47.6 Å². The molecule has 0 N–H and O–H groups in total. The minimum atomic E-state index is -1.17. The number of benzene rings is 2. The molecule has 0 spiro atoms. The zero-order valence-electron chi connectivity index (χ0n) is 23.0. The number of hydrogen-bond acceptors (Lipinski definition) is 10. The molecule has 0 bridgehead atoms. The third kappa shape index (κ3) is 8.43. The van der Waals surface area contributed by atoms with E-state index in [0.29, 0.717) is 23.6 Å². The lowest BCUT2D eigenvalue weighted by atomic mass is 9.96. The summed E-state index contributed by atoms with van der Waals surface area (Å²) < 4.78 is 33.4. The Kier molecular flexibility index (Phi) is 10.9. The molecule has 1 aliphatic rings. The number of carbonyl (C=O) groups excluding carboxylic acids is 4. The van der Waals surface area contributed by atoms with Crippen LogP contribution in [-0.2, 0) is 49.3 Å². The Morgan fingerprint density at radius 1 is 0.875 bits per heavy atom. The Hall–Kier alpha value is -3.63. The third-order valence-electron chi connectivity index (χ3n) is 6.02. The predicted octanol–water partition coefficient (Wildman–Crippen LogP) is 4.13. The van der Waals surface area contributed by atoms with E-state index in [-0.39, 0.29) is 6.61 Å². The van der Waals surface area contributed by atoms with E-state index >= 15 is 0 Å². The highest BCUT2D eigenvalue weighted by Crippen LogP contribution is 2.40. The van der Waals surface area contributed by atoms with E-state index in [1.807, 2.05) is 37.3 Å². The molecule has 216 valence electrons. The molecule has 0 saturated carbocycles. The number of ether oxygens (including phenoxy) is 6. The molecule has 1 aliphatic heterocycles. The van der Waals surface area contributed by atoms with Gasteiger partial charge in [0.1, 0.15) is 24.6 Å². The van der Waals surface area contributed by atoms with Gasteiger partial charge in [0.15, 0.2) is 18.3 Å². The highest BCUT2D eigenvalue weighted by molar-refractivity contribution is 6.31. The number of hydrogen-bond donors (Lipinski definition) is 0. The van der Waals surface area contributed by atoms with Gasteiger partial charge in [-0.15, -0.1) is 0 Å². The molecular formula is C29H33ClO10. The average Bonchev–Trinajstić information content (AvgIpc) is 3.20. The van der Waals surface area contributed by atoms with Crippen molar-refractivity contribution in [3.63, 3.8) is 0 Å². The first-order valence-electron chi connectivity index (χ1n) is 12.8. The van der Waals surface area contributed by atoms with Crippen LogP contribution in [0.4, 0.5) is 0 Å². The summed E-state index contributed by atoms with van der Waals surface area (Å²) in [6.07, 6.45) is -4.97. The van der Waals surface area contributed by atoms with Gasteiger partial charge >= 0.3 is 23.9 Å². The van der Waals surface area contributed by atoms with Crippen molar-refractivity contribution in [3.8, 4) is 5.75 Å². The van der Waals surface area contributed by atoms with Gasteiger partial charge in [-0.05, 0) is 48.2 Å². The van der Waals surface area contributed by atoms with Crippen molar-refractivity contribution in [2.75, 3.05) is 13.2 Å². The van der Waals surface area contributed by atoms with Crippen molar-refractivity contribution in [2.24, 2.45) is 0 Å². The smallest absolute Gasteiger partial charge is 0.303 e. The van der Waals surface area contributed by atoms with Crippen molar-refractivity contribution in [3.05, 3.63) is 64.2 Å².